The van der Waals surface area contributed by atoms with Gasteiger partial charge in [-0.05, 0) is 37.5 Å². The number of hydrogen-bond acceptors (Lipinski definition) is 5. The summed E-state index contributed by atoms with van der Waals surface area (Å²) in [4.78, 5) is 35.0. The monoisotopic (exact) mass is 361 g/mol. The van der Waals surface area contributed by atoms with Crippen LogP contribution in [0.15, 0.2) is 33.5 Å². The van der Waals surface area contributed by atoms with Crippen LogP contribution in [0, 0.1) is 0 Å². The summed E-state index contributed by atoms with van der Waals surface area (Å²) in [5.74, 6) is -1.24. The van der Waals surface area contributed by atoms with Crippen LogP contribution in [-0.2, 0) is 16.0 Å². The van der Waals surface area contributed by atoms with Crippen LogP contribution >= 0.6 is 0 Å². The van der Waals surface area contributed by atoms with Crippen molar-refractivity contribution < 1.29 is 23.8 Å². The van der Waals surface area contributed by atoms with Gasteiger partial charge in [0, 0.05) is 17.5 Å². The molecule has 2 aromatic rings. The molecule has 0 spiro atoms. The van der Waals surface area contributed by atoms with Gasteiger partial charge in [0.05, 0.1) is 0 Å². The summed E-state index contributed by atoms with van der Waals surface area (Å²) >= 11 is 0. The van der Waals surface area contributed by atoms with Crippen molar-refractivity contribution in [3.8, 4) is 5.75 Å². The fraction of sp³-hybridized carbons (Fsp3) is 0.421. The van der Waals surface area contributed by atoms with Crippen LogP contribution in [-0.4, -0.2) is 29.1 Å². The maximum absolute atomic E-state index is 12.2. The molecule has 1 amide bonds. The van der Waals surface area contributed by atoms with E-state index in [4.69, 9.17) is 14.3 Å². The lowest BCUT2D eigenvalue weighted by atomic mass is 10.1. The minimum atomic E-state index is -1.08. The van der Waals surface area contributed by atoms with E-state index in [1.54, 1.807) is 18.2 Å². The van der Waals surface area contributed by atoms with E-state index in [9.17, 15) is 14.4 Å². The SMILES string of the molecule is CCC[C@H](NC(=O)[C@H](C)Oc1ccc2c(CC)cc(=O)oc2c1)C(=O)O. The third-order valence-corrected chi connectivity index (χ3v) is 4.06. The Hall–Kier alpha value is -2.83. The van der Waals surface area contributed by atoms with Gasteiger partial charge in [0.2, 0.25) is 0 Å². The molecular formula is C19H23NO6. The third-order valence-electron chi connectivity index (χ3n) is 4.06. The zero-order valence-corrected chi connectivity index (χ0v) is 15.1. The molecule has 0 saturated heterocycles. The van der Waals surface area contributed by atoms with E-state index in [0.717, 1.165) is 10.9 Å². The molecule has 1 aromatic carbocycles. The predicted molar refractivity (Wildman–Crippen MR) is 96.4 cm³/mol. The fourth-order valence-electron chi connectivity index (χ4n) is 2.67. The Morgan fingerprint density at radius 2 is 2.00 bits per heavy atom. The maximum atomic E-state index is 12.2. The number of nitrogens with one attached hydrogen (secondary N) is 1. The van der Waals surface area contributed by atoms with Crippen LogP contribution in [0.2, 0.25) is 0 Å². The van der Waals surface area contributed by atoms with Crippen molar-refractivity contribution in [3.05, 3.63) is 40.2 Å². The zero-order chi connectivity index (χ0) is 19.3. The van der Waals surface area contributed by atoms with Crippen molar-refractivity contribution in [1.82, 2.24) is 5.32 Å². The van der Waals surface area contributed by atoms with Crippen LogP contribution in [0.4, 0.5) is 0 Å². The number of ether oxygens (including phenoxy) is 1. The molecule has 0 aliphatic carbocycles. The topological polar surface area (TPSA) is 106 Å². The second-order valence-corrected chi connectivity index (χ2v) is 6.05. The lowest BCUT2D eigenvalue weighted by Crippen LogP contribution is -2.46. The molecule has 7 heteroatoms. The van der Waals surface area contributed by atoms with Gasteiger partial charge in [-0.3, -0.25) is 4.79 Å². The quantitative estimate of drug-likeness (QED) is 0.700. The number of benzene rings is 1. The first kappa shape index (κ1) is 19.5. The van der Waals surface area contributed by atoms with E-state index in [0.29, 0.717) is 30.6 Å². The lowest BCUT2D eigenvalue weighted by molar-refractivity contribution is -0.143. The Bertz CT molecular complexity index is 857. The van der Waals surface area contributed by atoms with E-state index in [1.807, 2.05) is 13.8 Å². The van der Waals surface area contributed by atoms with Gasteiger partial charge in [-0.15, -0.1) is 0 Å². The van der Waals surface area contributed by atoms with Gasteiger partial charge in [-0.25, -0.2) is 9.59 Å². The first-order chi connectivity index (χ1) is 12.3. The number of hydrogen-bond donors (Lipinski definition) is 2. The van der Waals surface area contributed by atoms with Gasteiger partial charge >= 0.3 is 11.6 Å². The Labute approximate surface area is 151 Å². The molecule has 2 rings (SSSR count). The second kappa shape index (κ2) is 8.51. The molecule has 0 radical (unpaired) electrons. The molecule has 26 heavy (non-hydrogen) atoms. The fourth-order valence-corrected chi connectivity index (χ4v) is 2.67. The molecule has 140 valence electrons. The lowest BCUT2D eigenvalue weighted by Gasteiger charge is -2.18. The number of carbonyl (C=O) groups excluding carboxylic acids is 1. The summed E-state index contributed by atoms with van der Waals surface area (Å²) in [6.45, 7) is 5.32. The highest BCUT2D eigenvalue weighted by Gasteiger charge is 2.23. The van der Waals surface area contributed by atoms with E-state index in [1.165, 1.54) is 13.0 Å². The zero-order valence-electron chi connectivity index (χ0n) is 15.1. The smallest absolute Gasteiger partial charge is 0.336 e. The molecule has 0 aliphatic heterocycles. The van der Waals surface area contributed by atoms with Gasteiger partial charge in [0.25, 0.3) is 5.91 Å². The number of rotatable bonds is 8. The van der Waals surface area contributed by atoms with Crippen molar-refractivity contribution >= 4 is 22.8 Å². The van der Waals surface area contributed by atoms with Gasteiger partial charge in [0.15, 0.2) is 6.10 Å². The molecule has 2 N–H and O–H groups in total. The average molecular weight is 361 g/mol. The van der Waals surface area contributed by atoms with Gasteiger partial charge in [-0.1, -0.05) is 20.3 Å². The van der Waals surface area contributed by atoms with Crippen LogP contribution in [0.25, 0.3) is 11.0 Å². The van der Waals surface area contributed by atoms with Crippen molar-refractivity contribution in [3.63, 3.8) is 0 Å². The molecule has 2 atom stereocenters. The molecule has 0 unspecified atom stereocenters. The molecule has 1 heterocycles. The van der Waals surface area contributed by atoms with Crippen molar-refractivity contribution in [2.45, 2.75) is 52.2 Å². The minimum Gasteiger partial charge on any atom is -0.481 e. The van der Waals surface area contributed by atoms with Gasteiger partial charge in [-0.2, -0.15) is 0 Å². The largest absolute Gasteiger partial charge is 0.481 e. The number of fused-ring (bicyclic) bond motifs is 1. The van der Waals surface area contributed by atoms with Gasteiger partial charge in [0.1, 0.15) is 17.4 Å². The van der Waals surface area contributed by atoms with Crippen LogP contribution in [0.5, 0.6) is 5.75 Å². The van der Waals surface area contributed by atoms with E-state index in [-0.39, 0.29) is 0 Å². The van der Waals surface area contributed by atoms with Crippen molar-refractivity contribution in [2.24, 2.45) is 0 Å². The molecule has 7 nitrogen and oxygen atoms in total. The van der Waals surface area contributed by atoms with E-state index >= 15 is 0 Å². The second-order valence-electron chi connectivity index (χ2n) is 6.05. The molecule has 1 aromatic heterocycles. The maximum Gasteiger partial charge on any atom is 0.336 e. The van der Waals surface area contributed by atoms with E-state index in [2.05, 4.69) is 5.32 Å². The summed E-state index contributed by atoms with van der Waals surface area (Å²) in [6, 6.07) is 5.53. The highest BCUT2D eigenvalue weighted by Crippen LogP contribution is 2.23. The molecule has 0 aliphatic rings. The number of carbonyl (C=O) groups is 2. The Morgan fingerprint density at radius 1 is 1.27 bits per heavy atom. The van der Waals surface area contributed by atoms with Crippen LogP contribution in [0.3, 0.4) is 0 Å². The number of aliphatic carboxylic acids is 1. The Balaban J connectivity index is 2.15. The first-order valence-corrected chi connectivity index (χ1v) is 8.62. The summed E-state index contributed by atoms with van der Waals surface area (Å²) in [5, 5.41) is 12.4. The molecular weight excluding hydrogens is 338 g/mol. The van der Waals surface area contributed by atoms with E-state index < -0.39 is 29.6 Å². The third kappa shape index (κ3) is 4.62. The molecule has 0 bridgehead atoms. The number of carboxylic acids is 1. The highest BCUT2D eigenvalue weighted by atomic mass is 16.5. The van der Waals surface area contributed by atoms with Crippen molar-refractivity contribution in [2.75, 3.05) is 0 Å². The van der Waals surface area contributed by atoms with Crippen molar-refractivity contribution in [1.29, 1.82) is 0 Å². The standard InChI is InChI=1S/C19H23NO6/c1-4-6-15(19(23)24)20-18(22)11(3)25-13-7-8-14-12(5-2)9-17(21)26-16(14)10-13/h7-11,15H,4-6H2,1-3H3,(H,20,22)(H,23,24)/t11-,15-/m0/s1. The Morgan fingerprint density at radius 3 is 2.62 bits per heavy atom. The van der Waals surface area contributed by atoms with Crippen LogP contribution < -0.4 is 15.7 Å². The number of carboxylic acid groups (broad SMARTS) is 1. The highest BCUT2D eigenvalue weighted by molar-refractivity contribution is 5.86. The molecule has 0 saturated carbocycles. The minimum absolute atomic E-state index is 0.342. The summed E-state index contributed by atoms with van der Waals surface area (Å²) in [7, 11) is 0. The average Bonchev–Trinajstić information content (AvgIpc) is 2.59. The Kier molecular flexibility index (Phi) is 6.38. The number of aryl methyl sites for hydroxylation is 1. The normalized spacial score (nSPS) is 13.2. The summed E-state index contributed by atoms with van der Waals surface area (Å²) in [6.07, 6.45) is 0.770. The molecule has 0 fully saturated rings. The summed E-state index contributed by atoms with van der Waals surface area (Å²) in [5.41, 5.74) is 0.812. The summed E-state index contributed by atoms with van der Waals surface area (Å²) < 4.78 is 10.8. The first-order valence-electron chi connectivity index (χ1n) is 8.62. The predicted octanol–water partition coefficient (Wildman–Crippen LogP) is 2.49. The van der Waals surface area contributed by atoms with Gasteiger partial charge < -0.3 is 19.6 Å². The number of amides is 1. The van der Waals surface area contributed by atoms with Crippen LogP contribution in [0.1, 0.15) is 39.2 Å².